The van der Waals surface area contributed by atoms with Gasteiger partial charge in [0.2, 0.25) is 0 Å². The number of hydrogen-bond acceptors (Lipinski definition) is 4. The van der Waals surface area contributed by atoms with Crippen molar-refractivity contribution in [2.75, 3.05) is 12.5 Å². The Balaban J connectivity index is 3.54. The number of rotatable bonds is 5. The Morgan fingerprint density at radius 1 is 1.40 bits per heavy atom. The molecule has 1 aromatic carbocycles. The Bertz CT molecular complexity index is 636. The number of carboxylic acids is 1. The molecule has 20 heavy (non-hydrogen) atoms. The molecule has 0 aliphatic rings. The summed E-state index contributed by atoms with van der Waals surface area (Å²) in [6.45, 7) is 3.50. The number of benzene rings is 1. The van der Waals surface area contributed by atoms with Crippen molar-refractivity contribution in [3.05, 3.63) is 22.7 Å². The number of carbonyl (C=O) groups is 1. The number of carboxylic acid groups (broad SMARTS) is 1. The highest BCUT2D eigenvalue weighted by Crippen LogP contribution is 2.38. The third-order valence-electron chi connectivity index (χ3n) is 2.99. The smallest absolute Gasteiger partial charge is 0.304 e. The van der Waals surface area contributed by atoms with E-state index in [4.69, 9.17) is 16.7 Å². The van der Waals surface area contributed by atoms with Crippen LogP contribution in [0.25, 0.3) is 0 Å². The Morgan fingerprint density at radius 2 is 1.95 bits per heavy atom. The van der Waals surface area contributed by atoms with Crippen LogP contribution in [0, 0.1) is 0 Å². The summed E-state index contributed by atoms with van der Waals surface area (Å²) in [5, 5.41) is 9.28. The molecule has 1 aromatic rings. The lowest BCUT2D eigenvalue weighted by atomic mass is 9.82. The van der Waals surface area contributed by atoms with Crippen molar-refractivity contribution in [3.8, 4) is 0 Å². The fourth-order valence-corrected chi connectivity index (χ4v) is 4.43. The molecule has 0 spiro atoms. The first kappa shape index (κ1) is 17.3. The van der Waals surface area contributed by atoms with Crippen molar-refractivity contribution in [1.82, 2.24) is 0 Å². The van der Waals surface area contributed by atoms with E-state index >= 15 is 0 Å². The molecule has 0 radical (unpaired) electrons. The van der Waals surface area contributed by atoms with Gasteiger partial charge in [0.1, 0.15) is 0 Å². The van der Waals surface area contributed by atoms with Gasteiger partial charge in [-0.2, -0.15) is 0 Å². The molecule has 0 atom stereocenters. The molecule has 0 unspecified atom stereocenters. The number of aliphatic carboxylic acids is 1. The summed E-state index contributed by atoms with van der Waals surface area (Å²) in [4.78, 5) is 11.6. The van der Waals surface area contributed by atoms with E-state index in [9.17, 15) is 13.2 Å². The summed E-state index contributed by atoms with van der Waals surface area (Å²) in [6.07, 6.45) is 2.76. The van der Waals surface area contributed by atoms with Crippen LogP contribution in [0.2, 0.25) is 5.02 Å². The van der Waals surface area contributed by atoms with E-state index in [0.29, 0.717) is 15.5 Å². The largest absolute Gasteiger partial charge is 0.481 e. The SMILES string of the molecule is CSc1c(Cl)cc(C(C)(C)CC(=O)O)cc1S(C)(=O)=O. The van der Waals surface area contributed by atoms with Crippen molar-refractivity contribution in [3.63, 3.8) is 0 Å². The molecule has 0 aliphatic carbocycles. The van der Waals surface area contributed by atoms with Crippen LogP contribution in [0.5, 0.6) is 0 Å². The van der Waals surface area contributed by atoms with E-state index in [0.717, 1.165) is 6.26 Å². The van der Waals surface area contributed by atoms with Gasteiger partial charge in [0.25, 0.3) is 0 Å². The molecule has 0 heterocycles. The Labute approximate surface area is 128 Å². The minimum atomic E-state index is -3.43. The van der Waals surface area contributed by atoms with E-state index in [1.54, 1.807) is 26.2 Å². The third-order valence-corrected chi connectivity index (χ3v) is 5.50. The average Bonchev–Trinajstić information content (AvgIpc) is 2.24. The second kappa shape index (κ2) is 5.95. The van der Waals surface area contributed by atoms with Crippen LogP contribution in [0.1, 0.15) is 25.8 Å². The van der Waals surface area contributed by atoms with Gasteiger partial charge in [0.15, 0.2) is 9.84 Å². The zero-order chi connectivity index (χ0) is 15.7. The molecule has 4 nitrogen and oxygen atoms in total. The zero-order valence-electron chi connectivity index (χ0n) is 11.7. The first-order valence-corrected chi connectivity index (χ1v) is 9.28. The predicted octanol–water partition coefficient (Wildman–Crippen LogP) is 3.22. The van der Waals surface area contributed by atoms with Gasteiger partial charge in [-0.05, 0) is 24.0 Å². The van der Waals surface area contributed by atoms with Gasteiger partial charge in [-0.1, -0.05) is 25.4 Å². The molecule has 1 rings (SSSR count). The number of sulfone groups is 1. The fraction of sp³-hybridized carbons (Fsp3) is 0.462. The second-order valence-corrected chi connectivity index (χ2v) is 8.42. The highest BCUT2D eigenvalue weighted by Gasteiger charge is 2.27. The van der Waals surface area contributed by atoms with Gasteiger partial charge in [-0.3, -0.25) is 4.79 Å². The average molecular weight is 337 g/mol. The van der Waals surface area contributed by atoms with Crippen molar-refractivity contribution < 1.29 is 18.3 Å². The molecule has 112 valence electrons. The Hall–Kier alpha value is -0.720. The Kier molecular flexibility index (Phi) is 5.16. The van der Waals surface area contributed by atoms with Crippen molar-refractivity contribution in [2.45, 2.75) is 35.5 Å². The summed E-state index contributed by atoms with van der Waals surface area (Å²) in [5.41, 5.74) is -0.102. The second-order valence-electron chi connectivity index (χ2n) is 5.22. The van der Waals surface area contributed by atoms with Crippen LogP contribution in [0.4, 0.5) is 0 Å². The van der Waals surface area contributed by atoms with E-state index in [-0.39, 0.29) is 11.3 Å². The maximum Gasteiger partial charge on any atom is 0.304 e. The topological polar surface area (TPSA) is 71.4 Å². The van der Waals surface area contributed by atoms with Gasteiger partial charge in [0.05, 0.1) is 16.3 Å². The molecule has 7 heteroatoms. The molecular weight excluding hydrogens is 320 g/mol. The summed E-state index contributed by atoms with van der Waals surface area (Å²) < 4.78 is 23.8. The molecule has 1 N–H and O–H groups in total. The summed E-state index contributed by atoms with van der Waals surface area (Å²) in [6, 6.07) is 3.17. The highest BCUT2D eigenvalue weighted by atomic mass is 35.5. The van der Waals surface area contributed by atoms with Gasteiger partial charge in [-0.15, -0.1) is 11.8 Å². The number of thioether (sulfide) groups is 1. The standard InChI is InChI=1S/C13H17ClO4S2/c1-13(2,7-11(15)16)8-5-9(14)12(19-3)10(6-8)20(4,17)18/h5-6H,7H2,1-4H3,(H,15,16). The van der Waals surface area contributed by atoms with Crippen molar-refractivity contribution >= 4 is 39.2 Å². The third kappa shape index (κ3) is 3.90. The summed E-state index contributed by atoms with van der Waals surface area (Å²) in [5.74, 6) is -0.944. The number of halogens is 1. The van der Waals surface area contributed by atoms with Crippen molar-refractivity contribution in [2.24, 2.45) is 0 Å². The van der Waals surface area contributed by atoms with Crippen LogP contribution >= 0.6 is 23.4 Å². The van der Waals surface area contributed by atoms with Crippen LogP contribution in [-0.4, -0.2) is 32.0 Å². The van der Waals surface area contributed by atoms with Crippen LogP contribution in [-0.2, 0) is 20.0 Å². The van der Waals surface area contributed by atoms with Crippen LogP contribution < -0.4 is 0 Å². The molecule has 0 aromatic heterocycles. The van der Waals surface area contributed by atoms with Crippen molar-refractivity contribution in [1.29, 1.82) is 0 Å². The molecule has 0 bridgehead atoms. The van der Waals surface area contributed by atoms with E-state index in [2.05, 4.69) is 0 Å². The molecule has 0 saturated heterocycles. The van der Waals surface area contributed by atoms with E-state index in [1.165, 1.54) is 17.8 Å². The zero-order valence-corrected chi connectivity index (χ0v) is 14.1. The fourth-order valence-electron chi connectivity index (χ4n) is 1.91. The first-order chi connectivity index (χ1) is 8.99. The van der Waals surface area contributed by atoms with Crippen LogP contribution in [0.15, 0.2) is 21.9 Å². The normalized spacial score (nSPS) is 12.4. The minimum Gasteiger partial charge on any atom is -0.481 e. The van der Waals surface area contributed by atoms with E-state index < -0.39 is 21.2 Å². The lowest BCUT2D eigenvalue weighted by Gasteiger charge is -2.25. The lowest BCUT2D eigenvalue weighted by Crippen LogP contribution is -2.22. The Morgan fingerprint density at radius 3 is 2.35 bits per heavy atom. The number of hydrogen-bond donors (Lipinski definition) is 1. The van der Waals surface area contributed by atoms with Gasteiger partial charge >= 0.3 is 5.97 Å². The maximum atomic E-state index is 11.9. The summed E-state index contributed by atoms with van der Waals surface area (Å²) in [7, 11) is -3.43. The maximum absolute atomic E-state index is 11.9. The first-order valence-electron chi connectivity index (χ1n) is 5.79. The molecule has 0 amide bonds. The molecule has 0 fully saturated rings. The minimum absolute atomic E-state index is 0.106. The van der Waals surface area contributed by atoms with Gasteiger partial charge in [0, 0.05) is 16.6 Å². The molecule has 0 aliphatic heterocycles. The summed E-state index contributed by atoms with van der Waals surface area (Å²) >= 11 is 7.41. The molecule has 0 saturated carbocycles. The van der Waals surface area contributed by atoms with E-state index in [1.807, 2.05) is 0 Å². The predicted molar refractivity (Wildman–Crippen MR) is 81.6 cm³/mol. The van der Waals surface area contributed by atoms with Crippen LogP contribution in [0.3, 0.4) is 0 Å². The molecular formula is C13H17ClO4S2. The quantitative estimate of drug-likeness (QED) is 0.836. The lowest BCUT2D eigenvalue weighted by molar-refractivity contribution is -0.138. The monoisotopic (exact) mass is 336 g/mol. The van der Waals surface area contributed by atoms with Gasteiger partial charge in [-0.25, -0.2) is 8.42 Å². The van der Waals surface area contributed by atoms with Gasteiger partial charge < -0.3 is 5.11 Å². The highest BCUT2D eigenvalue weighted by molar-refractivity contribution is 7.99.